The Hall–Kier alpha value is -3.00. The average Bonchev–Trinajstić information content (AvgIpc) is 3.04. The Labute approximate surface area is 153 Å². The molecule has 0 heterocycles. The predicted octanol–water partition coefficient (Wildman–Crippen LogP) is 5.33. The lowest BCUT2D eigenvalue weighted by molar-refractivity contribution is 0.0929. The van der Waals surface area contributed by atoms with E-state index in [0.717, 1.165) is 6.42 Å². The van der Waals surface area contributed by atoms with Crippen LogP contribution in [0.1, 0.15) is 51.3 Å². The number of carbonyl (C=O) groups excluding carboxylic acids is 2. The van der Waals surface area contributed by atoms with E-state index in [9.17, 15) is 9.59 Å². The molecule has 0 amide bonds. The Morgan fingerprint density at radius 2 is 1.42 bits per heavy atom. The molecule has 26 heavy (non-hydrogen) atoms. The van der Waals surface area contributed by atoms with Gasteiger partial charge in [0, 0.05) is 22.6 Å². The number of ketones is 2. The van der Waals surface area contributed by atoms with E-state index < -0.39 is 0 Å². The van der Waals surface area contributed by atoms with Crippen LogP contribution in [0.25, 0.3) is 11.1 Å². The van der Waals surface area contributed by atoms with Crippen molar-refractivity contribution in [3.8, 4) is 11.1 Å². The second kappa shape index (κ2) is 6.38. The van der Waals surface area contributed by atoms with Gasteiger partial charge in [0.1, 0.15) is 0 Å². The molecule has 128 valence electrons. The highest BCUT2D eigenvalue weighted by molar-refractivity contribution is 6.16. The van der Waals surface area contributed by atoms with Crippen molar-refractivity contribution in [1.82, 2.24) is 0 Å². The fourth-order valence-corrected chi connectivity index (χ4v) is 3.65. The molecule has 2 nitrogen and oxygen atoms in total. The summed E-state index contributed by atoms with van der Waals surface area (Å²) in [5.74, 6) is -0.227. The molecule has 0 fully saturated rings. The average molecular weight is 340 g/mol. The van der Waals surface area contributed by atoms with E-state index in [4.69, 9.17) is 0 Å². The first-order valence-electron chi connectivity index (χ1n) is 8.95. The summed E-state index contributed by atoms with van der Waals surface area (Å²) >= 11 is 0. The zero-order valence-electron chi connectivity index (χ0n) is 15.0. The lowest BCUT2D eigenvalue weighted by Crippen LogP contribution is -2.14. The molecule has 4 rings (SSSR count). The minimum atomic E-state index is -0.140. The molecule has 0 N–H and O–H groups in total. The van der Waals surface area contributed by atoms with Crippen molar-refractivity contribution in [3.63, 3.8) is 0 Å². The highest BCUT2D eigenvalue weighted by atomic mass is 16.1. The summed E-state index contributed by atoms with van der Waals surface area (Å²) in [5, 5.41) is 0. The molecule has 0 saturated heterocycles. The summed E-state index contributed by atoms with van der Waals surface area (Å²) < 4.78 is 0. The Kier molecular flexibility index (Phi) is 4.04. The first kappa shape index (κ1) is 16.5. The molecule has 0 saturated carbocycles. The topological polar surface area (TPSA) is 34.1 Å². The minimum absolute atomic E-state index is 0.00233. The summed E-state index contributed by atoms with van der Waals surface area (Å²) in [6, 6.07) is 21.4. The van der Waals surface area contributed by atoms with Crippen LogP contribution in [0.4, 0.5) is 0 Å². The van der Waals surface area contributed by atoms with Crippen molar-refractivity contribution in [2.45, 2.75) is 20.3 Å². The van der Waals surface area contributed by atoms with Gasteiger partial charge in [-0.25, -0.2) is 0 Å². The van der Waals surface area contributed by atoms with Crippen LogP contribution in [0, 0.1) is 5.92 Å². The largest absolute Gasteiger partial charge is 0.294 e. The van der Waals surface area contributed by atoms with Gasteiger partial charge < -0.3 is 0 Å². The molecular weight excluding hydrogens is 320 g/mol. The van der Waals surface area contributed by atoms with E-state index in [1.807, 2.05) is 56.3 Å². The highest BCUT2D eigenvalue weighted by Crippen LogP contribution is 2.37. The van der Waals surface area contributed by atoms with Gasteiger partial charge in [0.2, 0.25) is 0 Å². The normalized spacial score (nSPS) is 12.0. The summed E-state index contributed by atoms with van der Waals surface area (Å²) in [5.41, 5.74) is 6.55. The maximum atomic E-state index is 13.1. The van der Waals surface area contributed by atoms with Crippen LogP contribution >= 0.6 is 0 Å². The molecule has 2 heteroatoms. The first-order valence-corrected chi connectivity index (χ1v) is 8.95. The molecule has 0 atom stereocenters. The number of hydrogen-bond donors (Lipinski definition) is 0. The first-order chi connectivity index (χ1) is 12.6. The lowest BCUT2D eigenvalue weighted by Gasteiger charge is -2.11. The van der Waals surface area contributed by atoms with Gasteiger partial charge in [-0.3, -0.25) is 9.59 Å². The number of Topliss-reactive ketones (excluding diaryl/α,β-unsaturated/α-hetero) is 1. The van der Waals surface area contributed by atoms with Crippen LogP contribution in [-0.4, -0.2) is 11.6 Å². The van der Waals surface area contributed by atoms with Crippen molar-refractivity contribution < 1.29 is 9.59 Å². The van der Waals surface area contributed by atoms with E-state index in [0.29, 0.717) is 16.7 Å². The molecule has 0 radical (unpaired) electrons. The quantitative estimate of drug-likeness (QED) is 0.471. The van der Waals surface area contributed by atoms with Crippen LogP contribution in [0.5, 0.6) is 0 Å². The Morgan fingerprint density at radius 1 is 0.769 bits per heavy atom. The van der Waals surface area contributed by atoms with Crippen LogP contribution in [0.15, 0.2) is 66.7 Å². The Bertz CT molecular complexity index is 1030. The SMILES string of the molecule is CC(C)C(=O)c1ccccc1C(=O)c1ccc2c(c1)Cc1ccccc1-2. The van der Waals surface area contributed by atoms with Gasteiger partial charge >= 0.3 is 0 Å². The smallest absolute Gasteiger partial charge is 0.193 e. The van der Waals surface area contributed by atoms with Crippen molar-refractivity contribution in [2.75, 3.05) is 0 Å². The molecule has 0 aromatic heterocycles. The van der Waals surface area contributed by atoms with Crippen molar-refractivity contribution in [3.05, 3.63) is 94.5 Å². The number of benzene rings is 3. The zero-order chi connectivity index (χ0) is 18.3. The van der Waals surface area contributed by atoms with Gasteiger partial charge in [-0.1, -0.05) is 74.5 Å². The third-order valence-electron chi connectivity index (χ3n) is 5.02. The van der Waals surface area contributed by atoms with E-state index in [-0.39, 0.29) is 17.5 Å². The molecule has 1 aliphatic rings. The zero-order valence-corrected chi connectivity index (χ0v) is 15.0. The van der Waals surface area contributed by atoms with Crippen LogP contribution < -0.4 is 0 Å². The monoisotopic (exact) mass is 340 g/mol. The van der Waals surface area contributed by atoms with E-state index in [2.05, 4.69) is 12.1 Å². The van der Waals surface area contributed by atoms with Gasteiger partial charge in [0.25, 0.3) is 0 Å². The number of rotatable bonds is 4. The van der Waals surface area contributed by atoms with Crippen LogP contribution in [0.2, 0.25) is 0 Å². The number of carbonyl (C=O) groups is 2. The standard InChI is InChI=1S/C24H20O2/c1-15(2)23(25)21-9-5-6-10-22(21)24(26)17-11-12-20-18(14-17)13-16-7-3-4-8-19(16)20/h3-12,14-15H,13H2,1-2H3. The second-order valence-corrected chi connectivity index (χ2v) is 7.10. The van der Waals surface area contributed by atoms with Gasteiger partial charge in [0.05, 0.1) is 0 Å². The Balaban J connectivity index is 1.74. The number of fused-ring (bicyclic) bond motifs is 3. The molecule has 0 unspecified atom stereocenters. The van der Waals surface area contributed by atoms with E-state index in [1.54, 1.807) is 12.1 Å². The van der Waals surface area contributed by atoms with Crippen LogP contribution in [0.3, 0.4) is 0 Å². The molecule has 3 aromatic carbocycles. The summed E-state index contributed by atoms with van der Waals surface area (Å²) in [7, 11) is 0. The van der Waals surface area contributed by atoms with E-state index in [1.165, 1.54) is 22.3 Å². The summed E-state index contributed by atoms with van der Waals surface area (Å²) in [4.78, 5) is 25.6. The second-order valence-electron chi connectivity index (χ2n) is 7.10. The Morgan fingerprint density at radius 3 is 2.19 bits per heavy atom. The minimum Gasteiger partial charge on any atom is -0.294 e. The van der Waals surface area contributed by atoms with Crippen molar-refractivity contribution in [1.29, 1.82) is 0 Å². The molecule has 0 spiro atoms. The molecule has 1 aliphatic carbocycles. The fourth-order valence-electron chi connectivity index (χ4n) is 3.65. The molecule has 0 bridgehead atoms. The fraction of sp³-hybridized carbons (Fsp3) is 0.167. The predicted molar refractivity (Wildman–Crippen MR) is 104 cm³/mol. The van der Waals surface area contributed by atoms with Gasteiger partial charge in [0.15, 0.2) is 11.6 Å². The van der Waals surface area contributed by atoms with Crippen molar-refractivity contribution in [2.24, 2.45) is 5.92 Å². The van der Waals surface area contributed by atoms with Gasteiger partial charge in [-0.05, 0) is 34.7 Å². The summed E-state index contributed by atoms with van der Waals surface area (Å²) in [6.07, 6.45) is 0.846. The maximum absolute atomic E-state index is 13.1. The van der Waals surface area contributed by atoms with E-state index >= 15 is 0 Å². The third kappa shape index (κ3) is 2.68. The molecule has 3 aromatic rings. The highest BCUT2D eigenvalue weighted by Gasteiger charge is 2.23. The van der Waals surface area contributed by atoms with Gasteiger partial charge in [-0.2, -0.15) is 0 Å². The molecular formula is C24H20O2. The lowest BCUT2D eigenvalue weighted by atomic mass is 9.91. The van der Waals surface area contributed by atoms with Crippen LogP contribution in [-0.2, 0) is 6.42 Å². The maximum Gasteiger partial charge on any atom is 0.193 e. The van der Waals surface area contributed by atoms with Crippen molar-refractivity contribution >= 4 is 11.6 Å². The summed E-state index contributed by atoms with van der Waals surface area (Å²) in [6.45, 7) is 3.71. The number of hydrogen-bond acceptors (Lipinski definition) is 2. The third-order valence-corrected chi connectivity index (χ3v) is 5.02. The van der Waals surface area contributed by atoms with Gasteiger partial charge in [-0.15, -0.1) is 0 Å². The molecule has 0 aliphatic heterocycles.